The molecule has 0 radical (unpaired) electrons. The molecule has 0 aliphatic heterocycles. The Bertz CT molecular complexity index is 1220. The molecule has 0 unspecified atom stereocenters. The molecule has 120 valence electrons. The van der Waals surface area contributed by atoms with Crippen LogP contribution in [0.3, 0.4) is 0 Å². The average molecular weight is 323 g/mol. The van der Waals surface area contributed by atoms with Gasteiger partial charge in [0.25, 0.3) is 0 Å². The normalized spacial score (nSPS) is 11.4. The molecule has 0 fully saturated rings. The standard InChI is InChI=1S/C23H17NO/c1-15-9-12-17(13-10-15)24-20-8-4-7-19-22-18-6-3-2-5-16(18)11-14-21(22)25-23(19)20/h2-14,24H,1H3. The molecule has 4 aromatic carbocycles. The highest BCUT2D eigenvalue weighted by Crippen LogP contribution is 2.38. The molecule has 1 aromatic heterocycles. The van der Waals surface area contributed by atoms with E-state index in [0.29, 0.717) is 0 Å². The van der Waals surface area contributed by atoms with Gasteiger partial charge in [-0.25, -0.2) is 0 Å². The first kappa shape index (κ1) is 14.1. The molecule has 1 N–H and O–H groups in total. The van der Waals surface area contributed by atoms with Crippen LogP contribution in [0.25, 0.3) is 32.7 Å². The molecular weight excluding hydrogens is 306 g/mol. The van der Waals surface area contributed by atoms with Crippen molar-refractivity contribution >= 4 is 44.1 Å². The van der Waals surface area contributed by atoms with E-state index in [1.807, 2.05) is 0 Å². The van der Waals surface area contributed by atoms with Gasteiger partial charge >= 0.3 is 0 Å². The molecule has 1 heterocycles. The summed E-state index contributed by atoms with van der Waals surface area (Å²) in [5.74, 6) is 0. The predicted molar refractivity (Wildman–Crippen MR) is 106 cm³/mol. The molecule has 0 spiro atoms. The Balaban J connectivity index is 1.75. The lowest BCUT2D eigenvalue weighted by molar-refractivity contribution is 0.670. The molecule has 0 atom stereocenters. The van der Waals surface area contributed by atoms with Gasteiger partial charge in [-0.3, -0.25) is 0 Å². The summed E-state index contributed by atoms with van der Waals surface area (Å²) in [7, 11) is 0. The minimum atomic E-state index is 0.898. The third kappa shape index (κ3) is 2.26. The van der Waals surface area contributed by atoms with Crippen LogP contribution < -0.4 is 5.32 Å². The molecule has 0 amide bonds. The van der Waals surface area contributed by atoms with Crippen LogP contribution in [0.4, 0.5) is 11.4 Å². The van der Waals surface area contributed by atoms with Crippen molar-refractivity contribution in [2.75, 3.05) is 5.32 Å². The van der Waals surface area contributed by atoms with Crippen molar-refractivity contribution in [1.29, 1.82) is 0 Å². The molecular formula is C23H17NO. The highest BCUT2D eigenvalue weighted by molar-refractivity contribution is 6.20. The van der Waals surface area contributed by atoms with E-state index in [9.17, 15) is 0 Å². The fourth-order valence-electron chi connectivity index (χ4n) is 3.46. The zero-order valence-corrected chi connectivity index (χ0v) is 13.9. The molecule has 0 saturated heterocycles. The summed E-state index contributed by atoms with van der Waals surface area (Å²) in [6, 6.07) is 27.3. The van der Waals surface area contributed by atoms with Gasteiger partial charge in [0.2, 0.25) is 0 Å². The van der Waals surface area contributed by atoms with E-state index in [-0.39, 0.29) is 0 Å². The van der Waals surface area contributed by atoms with Crippen molar-refractivity contribution in [3.8, 4) is 0 Å². The average Bonchev–Trinajstić information content (AvgIpc) is 3.04. The quantitative estimate of drug-likeness (QED) is 0.387. The number of hydrogen-bond acceptors (Lipinski definition) is 2. The van der Waals surface area contributed by atoms with E-state index in [0.717, 1.165) is 27.9 Å². The zero-order valence-electron chi connectivity index (χ0n) is 13.9. The number of fused-ring (bicyclic) bond motifs is 5. The maximum Gasteiger partial charge on any atom is 0.158 e. The first-order chi connectivity index (χ1) is 12.3. The number of benzene rings is 4. The molecule has 0 aliphatic rings. The second-order valence-corrected chi connectivity index (χ2v) is 6.44. The largest absolute Gasteiger partial charge is 0.454 e. The van der Waals surface area contributed by atoms with Crippen LogP contribution in [-0.2, 0) is 0 Å². The van der Waals surface area contributed by atoms with Crippen molar-refractivity contribution in [2.45, 2.75) is 6.92 Å². The van der Waals surface area contributed by atoms with Gasteiger partial charge < -0.3 is 9.73 Å². The van der Waals surface area contributed by atoms with Crippen molar-refractivity contribution in [3.05, 3.63) is 84.4 Å². The molecule has 0 aliphatic carbocycles. The summed E-state index contributed by atoms with van der Waals surface area (Å²) in [5.41, 5.74) is 5.12. The predicted octanol–water partition coefficient (Wildman–Crippen LogP) is 6.79. The van der Waals surface area contributed by atoms with Crippen molar-refractivity contribution in [1.82, 2.24) is 0 Å². The molecule has 0 bridgehead atoms. The van der Waals surface area contributed by atoms with Crippen LogP contribution >= 0.6 is 0 Å². The Kier molecular flexibility index (Phi) is 3.04. The maximum atomic E-state index is 6.23. The number of hydrogen-bond donors (Lipinski definition) is 1. The Labute approximate surface area is 145 Å². The van der Waals surface area contributed by atoms with Crippen LogP contribution in [0.1, 0.15) is 5.56 Å². The lowest BCUT2D eigenvalue weighted by Gasteiger charge is -2.07. The highest BCUT2D eigenvalue weighted by Gasteiger charge is 2.13. The van der Waals surface area contributed by atoms with Gasteiger partial charge in [0.15, 0.2) is 5.58 Å². The Morgan fingerprint density at radius 3 is 2.40 bits per heavy atom. The fraction of sp³-hybridized carbons (Fsp3) is 0.0435. The monoisotopic (exact) mass is 323 g/mol. The second kappa shape index (κ2) is 5.38. The number of para-hydroxylation sites is 1. The number of rotatable bonds is 2. The second-order valence-electron chi connectivity index (χ2n) is 6.44. The lowest BCUT2D eigenvalue weighted by Crippen LogP contribution is -1.90. The molecule has 2 nitrogen and oxygen atoms in total. The first-order valence-corrected chi connectivity index (χ1v) is 8.46. The molecule has 25 heavy (non-hydrogen) atoms. The van der Waals surface area contributed by atoms with Crippen LogP contribution in [-0.4, -0.2) is 0 Å². The number of anilines is 2. The first-order valence-electron chi connectivity index (χ1n) is 8.46. The number of aryl methyl sites for hydroxylation is 1. The van der Waals surface area contributed by atoms with Gasteiger partial charge in [0.05, 0.1) is 5.69 Å². The minimum absolute atomic E-state index is 0.898. The Morgan fingerprint density at radius 1 is 0.720 bits per heavy atom. The Hall–Kier alpha value is -3.26. The topological polar surface area (TPSA) is 25.2 Å². The van der Waals surface area contributed by atoms with Crippen molar-refractivity contribution in [2.24, 2.45) is 0 Å². The third-order valence-corrected chi connectivity index (χ3v) is 4.72. The van der Waals surface area contributed by atoms with E-state index >= 15 is 0 Å². The molecule has 2 heteroatoms. The molecule has 0 saturated carbocycles. The van der Waals surface area contributed by atoms with Crippen LogP contribution in [0, 0.1) is 6.92 Å². The summed E-state index contributed by atoms with van der Waals surface area (Å²) in [4.78, 5) is 0. The number of furan rings is 1. The molecule has 5 rings (SSSR count). The van der Waals surface area contributed by atoms with Gasteiger partial charge in [-0.2, -0.15) is 0 Å². The summed E-state index contributed by atoms with van der Waals surface area (Å²) in [5, 5.41) is 8.27. The summed E-state index contributed by atoms with van der Waals surface area (Å²) in [6.45, 7) is 2.09. The lowest BCUT2D eigenvalue weighted by atomic mass is 10.0. The van der Waals surface area contributed by atoms with Gasteiger partial charge in [0, 0.05) is 16.5 Å². The van der Waals surface area contributed by atoms with E-state index < -0.39 is 0 Å². The summed E-state index contributed by atoms with van der Waals surface area (Å²) >= 11 is 0. The maximum absolute atomic E-state index is 6.23. The number of nitrogens with one attached hydrogen (secondary N) is 1. The van der Waals surface area contributed by atoms with Crippen molar-refractivity contribution in [3.63, 3.8) is 0 Å². The highest BCUT2D eigenvalue weighted by atomic mass is 16.3. The van der Waals surface area contributed by atoms with Crippen LogP contribution in [0.15, 0.2) is 83.3 Å². The van der Waals surface area contributed by atoms with Crippen molar-refractivity contribution < 1.29 is 4.42 Å². The van der Waals surface area contributed by atoms with Gasteiger partial charge in [-0.1, -0.05) is 60.2 Å². The van der Waals surface area contributed by atoms with Gasteiger partial charge in [0.1, 0.15) is 5.58 Å². The SMILES string of the molecule is Cc1ccc(Nc2cccc3c2oc2ccc4ccccc4c23)cc1. The van der Waals surface area contributed by atoms with Crippen LogP contribution in [0.2, 0.25) is 0 Å². The minimum Gasteiger partial charge on any atom is -0.454 e. The van der Waals surface area contributed by atoms with Gasteiger partial charge in [-0.15, -0.1) is 0 Å². The fourth-order valence-corrected chi connectivity index (χ4v) is 3.46. The van der Waals surface area contributed by atoms with Crippen LogP contribution in [0.5, 0.6) is 0 Å². The zero-order chi connectivity index (χ0) is 16.8. The molecule has 5 aromatic rings. The van der Waals surface area contributed by atoms with E-state index in [2.05, 4.69) is 91.1 Å². The van der Waals surface area contributed by atoms with E-state index in [1.165, 1.54) is 21.7 Å². The van der Waals surface area contributed by atoms with Gasteiger partial charge in [-0.05, 0) is 42.0 Å². The smallest absolute Gasteiger partial charge is 0.158 e. The summed E-state index contributed by atoms with van der Waals surface area (Å²) in [6.07, 6.45) is 0. The van der Waals surface area contributed by atoms with E-state index in [1.54, 1.807) is 0 Å². The third-order valence-electron chi connectivity index (χ3n) is 4.72. The summed E-state index contributed by atoms with van der Waals surface area (Å²) < 4.78 is 6.23. The Morgan fingerprint density at radius 2 is 1.52 bits per heavy atom. The van der Waals surface area contributed by atoms with E-state index in [4.69, 9.17) is 4.42 Å².